The normalized spacial score (nSPS) is 24.2. The molecule has 13 rings (SSSR count). The van der Waals surface area contributed by atoms with Crippen molar-refractivity contribution in [1.82, 2.24) is 34.8 Å². The summed E-state index contributed by atoms with van der Waals surface area (Å²) in [4.78, 5) is 55.9. The molecule has 3 aromatic carbocycles. The molecule has 6 aromatic rings. The number of amides is 3. The summed E-state index contributed by atoms with van der Waals surface area (Å²) < 4.78 is 242. The molecule has 0 spiro atoms. The second-order valence-corrected chi connectivity index (χ2v) is 33.4. The number of halogens is 10. The Morgan fingerprint density at radius 1 is 0.520 bits per heavy atom. The maximum atomic E-state index is 13.8. The number of fused-ring (bicyclic) bond motifs is 3. The third-order valence-corrected chi connectivity index (χ3v) is 22.7. The molecular formula is C64H69F10N7O16S3. The molecule has 3 aromatic heterocycles. The van der Waals surface area contributed by atoms with Gasteiger partial charge in [-0.25, -0.2) is 52.8 Å². The fourth-order valence-electron chi connectivity index (χ4n) is 12.8. The van der Waals surface area contributed by atoms with Crippen LogP contribution in [0.2, 0.25) is 0 Å². The zero-order valence-electron chi connectivity index (χ0n) is 55.3. The van der Waals surface area contributed by atoms with E-state index in [4.69, 9.17) is 32.3 Å². The largest absolute Gasteiger partial charge is 0.490 e. The Balaban J connectivity index is 0.000000152. The highest BCUT2D eigenvalue weighted by atomic mass is 32.2. The number of benzene rings is 3. The van der Waals surface area contributed by atoms with E-state index in [1.54, 1.807) is 25.9 Å². The van der Waals surface area contributed by atoms with Crippen LogP contribution in [0.1, 0.15) is 140 Å². The van der Waals surface area contributed by atoms with E-state index in [0.29, 0.717) is 63.6 Å². The molecule has 0 radical (unpaired) electrons. The van der Waals surface area contributed by atoms with Crippen LogP contribution in [0.15, 0.2) is 95.2 Å². The van der Waals surface area contributed by atoms with Gasteiger partial charge in [0.2, 0.25) is 11.8 Å². The first-order valence-corrected chi connectivity index (χ1v) is 36.9. The lowest BCUT2D eigenvalue weighted by Gasteiger charge is -2.25. The highest BCUT2D eigenvalue weighted by molar-refractivity contribution is 7.91. The Morgan fingerprint density at radius 2 is 0.860 bits per heavy atom. The number of piperidine rings is 3. The average Bonchev–Trinajstić information content (AvgIpc) is 1.55. The van der Waals surface area contributed by atoms with Gasteiger partial charge in [-0.1, -0.05) is 5.16 Å². The summed E-state index contributed by atoms with van der Waals surface area (Å²) in [5, 5.41) is 4.17. The molecule has 6 heterocycles. The van der Waals surface area contributed by atoms with E-state index >= 15 is 0 Å². The number of ether oxygens (including phenoxy) is 4. The molecule has 3 amide bonds. The molecule has 7 fully saturated rings. The first-order chi connectivity index (χ1) is 46.1. The molecule has 23 nitrogen and oxygen atoms in total. The number of hydrogen-bond donors (Lipinski definition) is 0. The Hall–Kier alpha value is -7.86. The molecule has 4 aliphatic carbocycles. The molecule has 8 unspecified atom stereocenters. The van der Waals surface area contributed by atoms with Crippen molar-refractivity contribution in [1.29, 1.82) is 0 Å². The number of carbonyl (C=O) groups excluding carboxylic acids is 3. The third kappa shape index (κ3) is 14.5. The fourth-order valence-corrected chi connectivity index (χ4v) is 14.7. The summed E-state index contributed by atoms with van der Waals surface area (Å²) in [5.74, 6) is -7.44. The first kappa shape index (κ1) is 73.4. The summed E-state index contributed by atoms with van der Waals surface area (Å²) in [6.45, 7) is 8.52. The van der Waals surface area contributed by atoms with Gasteiger partial charge >= 0.3 is 12.4 Å². The highest BCUT2D eigenvalue weighted by Gasteiger charge is 2.68. The second kappa shape index (κ2) is 25.0. The minimum absolute atomic E-state index is 0.0175. The number of aromatic nitrogens is 4. The molecule has 544 valence electrons. The molecule has 36 heteroatoms. The first-order valence-electron chi connectivity index (χ1n) is 31.2. The van der Waals surface area contributed by atoms with Crippen LogP contribution in [-0.4, -0.2) is 173 Å². The smallest absolute Gasteiger partial charge is 0.436 e. The summed E-state index contributed by atoms with van der Waals surface area (Å²) in [6.07, 6.45) is -5.11. The van der Waals surface area contributed by atoms with Gasteiger partial charge in [-0.2, -0.15) is 31.3 Å². The van der Waals surface area contributed by atoms with Crippen LogP contribution in [0.25, 0.3) is 0 Å². The summed E-state index contributed by atoms with van der Waals surface area (Å²) in [5.41, 5.74) is -5.07. The van der Waals surface area contributed by atoms with Crippen LogP contribution in [0.4, 0.5) is 43.9 Å². The monoisotopic (exact) mass is 1480 g/mol. The molecule has 0 N–H and O–H groups in total. The van der Waals surface area contributed by atoms with Crippen molar-refractivity contribution in [2.45, 2.75) is 153 Å². The molecule has 8 atom stereocenters. The third-order valence-electron chi connectivity index (χ3n) is 19.3. The summed E-state index contributed by atoms with van der Waals surface area (Å²) in [7, 11) is -9.32. The van der Waals surface area contributed by atoms with Crippen molar-refractivity contribution in [3.05, 3.63) is 119 Å². The lowest BCUT2D eigenvalue weighted by Crippen LogP contribution is -2.35. The molecule has 3 aliphatic heterocycles. The van der Waals surface area contributed by atoms with Crippen LogP contribution in [0, 0.1) is 17.8 Å². The number of alkyl halides is 10. The van der Waals surface area contributed by atoms with Crippen LogP contribution >= 0.6 is 0 Å². The maximum Gasteiger partial charge on any atom is 0.436 e. The number of hydrogen-bond acceptors (Lipinski definition) is 20. The van der Waals surface area contributed by atoms with Crippen LogP contribution in [0.3, 0.4) is 0 Å². The number of likely N-dealkylation sites (tertiary alicyclic amines) is 3. The van der Waals surface area contributed by atoms with Crippen molar-refractivity contribution in [2.24, 2.45) is 17.8 Å². The number of nitrogens with zero attached hydrogens (tertiary/aromatic N) is 7. The highest BCUT2D eigenvalue weighted by Crippen LogP contribution is 2.62. The van der Waals surface area contributed by atoms with Gasteiger partial charge in [0.15, 0.2) is 58.9 Å². The predicted molar refractivity (Wildman–Crippen MR) is 328 cm³/mol. The van der Waals surface area contributed by atoms with Crippen molar-refractivity contribution in [2.75, 3.05) is 65.1 Å². The predicted octanol–water partition coefficient (Wildman–Crippen LogP) is 10.2. The van der Waals surface area contributed by atoms with Crippen LogP contribution in [0.5, 0.6) is 17.2 Å². The SMILES string of the molecule is CC(C)Oc1ccc(S(C)(=O)=O)cc1C(=O)N1CC2CC2(c2nc(C(F)(F)F)co2)C1.CC(Oc1ccc(S(C)(=O)=O)cc1C(=O)N1CC2CC2(c2nc(C(F)(F)F)co2)C1)C(C)(F)F.COC1(c2nc(C34CC3CN(C(=O)c3cc(S(C)(=O)=O)ccc3OC(C)C(C)(F)F)C4)no2)CC1. The molecule has 4 saturated carbocycles. The van der Waals surface area contributed by atoms with Gasteiger partial charge in [-0.3, -0.25) is 14.4 Å². The standard InChI is InChI=1S/C23H27F2N3O6S.C21H21F5N2O5S.C20H21F3N2O5S/c1-13(21(2,24)25)33-17-6-5-15(35(4,30)31)9-16(17)18(29)28-11-14-10-22(14,12-28)19-26-20(34-27-19)23(32-3)7-8-23;1-11(19(2,22)23)33-15-5-4-13(34(3,30)31)6-14(15)17(29)28-8-12-7-20(12,10-28)18-27-16(9-32-18)21(24,25)26;1-11(2)30-15-5-4-13(31(3,27)28)6-14(15)17(26)25-8-12-7-19(12,10-25)18-24-16(9-29-18)20(21,22)23/h5-6,9,13-14H,7-8,10-12H2,1-4H3;4-6,9,11-12H,7-8,10H2,1-3H3;4-6,9,11-12H,7-8,10H2,1-3H3. The molecule has 7 aliphatic rings. The minimum Gasteiger partial charge on any atom is -0.490 e. The number of sulfone groups is 3. The zero-order chi connectivity index (χ0) is 73.4. The Kier molecular flexibility index (Phi) is 18.3. The molecule has 3 saturated heterocycles. The molecule has 100 heavy (non-hydrogen) atoms. The van der Waals surface area contributed by atoms with E-state index < -0.39 is 117 Å². The van der Waals surface area contributed by atoms with E-state index in [9.17, 15) is 83.5 Å². The lowest BCUT2D eigenvalue weighted by atomic mass is 10.1. The van der Waals surface area contributed by atoms with Crippen LogP contribution in [-0.2, 0) is 68.4 Å². The number of rotatable bonds is 19. The van der Waals surface area contributed by atoms with Gasteiger partial charge in [0.05, 0.1) is 53.7 Å². The quantitative estimate of drug-likeness (QED) is 0.0681. The van der Waals surface area contributed by atoms with Gasteiger partial charge in [0, 0.05) is 79.0 Å². The zero-order valence-corrected chi connectivity index (χ0v) is 57.7. The fraction of sp³-hybridized carbons (Fsp3) is 0.547. The van der Waals surface area contributed by atoms with E-state index in [1.807, 2.05) is 0 Å². The summed E-state index contributed by atoms with van der Waals surface area (Å²) >= 11 is 0. The van der Waals surface area contributed by atoms with Crippen molar-refractivity contribution in [3.63, 3.8) is 0 Å². The van der Waals surface area contributed by atoms with Crippen LogP contribution < -0.4 is 14.2 Å². The molecular weight excluding hydrogens is 1410 g/mol. The topological polar surface area (TPSA) is 291 Å². The number of carbonyl (C=O) groups is 3. The van der Waals surface area contributed by atoms with Gasteiger partial charge in [-0.15, -0.1) is 0 Å². The van der Waals surface area contributed by atoms with Gasteiger partial charge < -0.3 is 47.0 Å². The van der Waals surface area contributed by atoms with Gasteiger partial charge in [0.1, 0.15) is 35.4 Å². The number of oxazole rings is 2. The van der Waals surface area contributed by atoms with Crippen molar-refractivity contribution in [3.8, 4) is 17.2 Å². The van der Waals surface area contributed by atoms with Gasteiger partial charge in [0.25, 0.3) is 35.5 Å². The second-order valence-electron chi connectivity index (χ2n) is 27.3. The van der Waals surface area contributed by atoms with Crippen molar-refractivity contribution < 1.29 is 116 Å². The number of methoxy groups -OCH3 is 1. The van der Waals surface area contributed by atoms with E-state index in [1.165, 1.54) is 53.1 Å². The minimum atomic E-state index is -4.67. The van der Waals surface area contributed by atoms with E-state index in [0.717, 1.165) is 70.1 Å². The Labute approximate surface area is 567 Å². The lowest BCUT2D eigenvalue weighted by molar-refractivity contribution is -0.142. The Bertz CT molecular complexity index is 4570. The van der Waals surface area contributed by atoms with Gasteiger partial charge in [-0.05, 0) is 132 Å². The summed E-state index contributed by atoms with van der Waals surface area (Å²) in [6, 6.07) is 11.1. The van der Waals surface area contributed by atoms with E-state index in [2.05, 4.69) is 20.1 Å². The average molecular weight is 1480 g/mol. The van der Waals surface area contributed by atoms with Crippen molar-refractivity contribution >= 4 is 47.2 Å². The maximum absolute atomic E-state index is 13.8. The Morgan fingerprint density at radius 3 is 1.17 bits per heavy atom. The van der Waals surface area contributed by atoms with E-state index in [-0.39, 0.29) is 104 Å². The molecule has 0 bridgehead atoms.